The Morgan fingerprint density at radius 2 is 2.15 bits per heavy atom. The molecule has 0 radical (unpaired) electrons. The van der Waals surface area contributed by atoms with Gasteiger partial charge in [0.05, 0.1) is 17.2 Å². The number of hydrogen-bond donors (Lipinski definition) is 1. The van der Waals surface area contributed by atoms with Crippen LogP contribution in [0.1, 0.15) is 42.2 Å². The number of carbonyl (C=O) groups excluding carboxylic acids is 1. The van der Waals surface area contributed by atoms with E-state index in [9.17, 15) is 9.59 Å². The summed E-state index contributed by atoms with van der Waals surface area (Å²) in [7, 11) is 0. The molecule has 0 spiro atoms. The zero-order chi connectivity index (χ0) is 19.0. The summed E-state index contributed by atoms with van der Waals surface area (Å²) in [4.78, 5) is 31.0. The Morgan fingerprint density at radius 1 is 1.37 bits per heavy atom. The summed E-state index contributed by atoms with van der Waals surface area (Å²) in [5.74, 6) is -0.201. The van der Waals surface area contributed by atoms with Gasteiger partial charge in [0, 0.05) is 4.88 Å². The fraction of sp³-hybridized carbons (Fsp3) is 0.500. The van der Waals surface area contributed by atoms with Gasteiger partial charge >= 0.3 is 0 Å². The molecule has 0 atom stereocenters. The first-order valence-corrected chi connectivity index (χ1v) is 10.5. The number of thiophene rings is 1. The molecule has 1 fully saturated rings. The monoisotopic (exact) mass is 405 g/mol. The maximum atomic E-state index is 12.6. The molecule has 1 aliphatic rings. The van der Waals surface area contributed by atoms with Crippen molar-refractivity contribution in [3.8, 4) is 0 Å². The minimum Gasteiger partial charge on any atom is -0.272 e. The van der Waals surface area contributed by atoms with E-state index in [1.54, 1.807) is 0 Å². The van der Waals surface area contributed by atoms with Crippen LogP contribution in [-0.2, 0) is 4.79 Å². The van der Waals surface area contributed by atoms with Crippen LogP contribution in [0.15, 0.2) is 16.3 Å². The van der Waals surface area contributed by atoms with Crippen molar-refractivity contribution in [2.24, 2.45) is 0 Å². The lowest BCUT2D eigenvalue weighted by Crippen LogP contribution is -2.34. The lowest BCUT2D eigenvalue weighted by atomic mass is 10.2. The van der Waals surface area contributed by atoms with Crippen LogP contribution in [0, 0.1) is 13.8 Å². The summed E-state index contributed by atoms with van der Waals surface area (Å²) in [6.45, 7) is 3.84. The van der Waals surface area contributed by atoms with Gasteiger partial charge in [-0.05, 0) is 42.7 Å². The van der Waals surface area contributed by atoms with E-state index in [4.69, 9.17) is 0 Å². The molecule has 11 heteroatoms. The highest BCUT2D eigenvalue weighted by Gasteiger charge is 2.22. The van der Waals surface area contributed by atoms with E-state index in [-0.39, 0.29) is 17.2 Å². The summed E-state index contributed by atoms with van der Waals surface area (Å²) in [6.07, 6.45) is 5.83. The number of amides is 1. The van der Waals surface area contributed by atoms with Gasteiger partial charge in [0.1, 0.15) is 11.2 Å². The summed E-state index contributed by atoms with van der Waals surface area (Å²) in [6, 6.07) is 0.310. The molecule has 0 bridgehead atoms. The summed E-state index contributed by atoms with van der Waals surface area (Å²) < 4.78 is 2.95. The molecule has 0 aliphatic heterocycles. The number of hydrogen-bond acceptors (Lipinski definition) is 8. The third-order valence-electron chi connectivity index (χ3n) is 4.80. The normalized spacial score (nSPS) is 14.9. The third-order valence-corrected chi connectivity index (χ3v) is 6.85. The van der Waals surface area contributed by atoms with Gasteiger partial charge in [-0.1, -0.05) is 24.6 Å². The molecule has 3 heterocycles. The van der Waals surface area contributed by atoms with Gasteiger partial charge in [0.15, 0.2) is 0 Å². The predicted molar refractivity (Wildman–Crippen MR) is 104 cm³/mol. The van der Waals surface area contributed by atoms with Gasteiger partial charge in [-0.3, -0.25) is 15.0 Å². The molecular formula is C16H19N7O2S2. The van der Waals surface area contributed by atoms with Crippen LogP contribution in [-0.4, -0.2) is 41.5 Å². The molecule has 3 aromatic heterocycles. The maximum Gasteiger partial charge on any atom is 0.281 e. The largest absolute Gasteiger partial charge is 0.281 e. The predicted octanol–water partition coefficient (Wildman–Crippen LogP) is 2.04. The molecule has 27 heavy (non-hydrogen) atoms. The van der Waals surface area contributed by atoms with Crippen molar-refractivity contribution in [2.45, 2.75) is 50.7 Å². The van der Waals surface area contributed by atoms with Crippen molar-refractivity contribution < 1.29 is 4.79 Å². The fourth-order valence-corrected chi connectivity index (χ4v) is 4.99. The van der Waals surface area contributed by atoms with Crippen LogP contribution in [0.5, 0.6) is 0 Å². The number of rotatable bonds is 5. The second-order valence-corrected chi connectivity index (χ2v) is 8.70. The van der Waals surface area contributed by atoms with Gasteiger partial charge < -0.3 is 0 Å². The Bertz CT molecular complexity index is 1050. The van der Waals surface area contributed by atoms with E-state index in [1.807, 2.05) is 18.5 Å². The van der Waals surface area contributed by atoms with Crippen LogP contribution >= 0.6 is 23.1 Å². The highest BCUT2D eigenvalue weighted by atomic mass is 32.2. The molecule has 1 aliphatic carbocycles. The molecule has 0 saturated heterocycles. The first-order valence-electron chi connectivity index (χ1n) is 8.72. The molecule has 4 rings (SSSR count). The number of nitrogens with one attached hydrogen (secondary N) is 1. The number of nitrogens with zero attached hydrogens (tertiary/aromatic N) is 6. The SMILES string of the molecule is Cc1sc2ncn(NC(=O)CSc3nnnn3C3CCCC3)c(=O)c2c1C. The van der Waals surface area contributed by atoms with Gasteiger partial charge in [-0.25, -0.2) is 14.3 Å². The average molecular weight is 406 g/mol. The summed E-state index contributed by atoms with van der Waals surface area (Å²) in [5, 5.41) is 13.0. The highest BCUT2D eigenvalue weighted by Crippen LogP contribution is 2.31. The number of aryl methyl sites for hydroxylation is 2. The smallest absolute Gasteiger partial charge is 0.272 e. The number of carbonyl (C=O) groups is 1. The fourth-order valence-electron chi connectivity index (χ4n) is 3.27. The van der Waals surface area contributed by atoms with Crippen molar-refractivity contribution in [3.63, 3.8) is 0 Å². The van der Waals surface area contributed by atoms with Gasteiger partial charge in [-0.2, -0.15) is 0 Å². The first-order chi connectivity index (χ1) is 13.0. The summed E-state index contributed by atoms with van der Waals surface area (Å²) >= 11 is 2.74. The van der Waals surface area contributed by atoms with Crippen molar-refractivity contribution >= 4 is 39.2 Å². The van der Waals surface area contributed by atoms with Crippen molar-refractivity contribution in [1.29, 1.82) is 0 Å². The quantitative estimate of drug-likeness (QED) is 0.647. The molecule has 0 unspecified atom stereocenters. The van der Waals surface area contributed by atoms with Gasteiger partial charge in [0.25, 0.3) is 5.56 Å². The molecule has 1 saturated carbocycles. The molecule has 9 nitrogen and oxygen atoms in total. The second kappa shape index (κ2) is 7.39. The number of fused-ring (bicyclic) bond motifs is 1. The number of aromatic nitrogens is 6. The lowest BCUT2D eigenvalue weighted by molar-refractivity contribution is -0.114. The molecule has 142 valence electrons. The second-order valence-electron chi connectivity index (χ2n) is 6.55. The molecule has 3 aromatic rings. The van der Waals surface area contributed by atoms with Crippen molar-refractivity contribution in [2.75, 3.05) is 11.2 Å². The Kier molecular flexibility index (Phi) is 4.96. The first kappa shape index (κ1) is 18.1. The van der Waals surface area contributed by atoms with E-state index in [0.29, 0.717) is 21.4 Å². The van der Waals surface area contributed by atoms with E-state index in [2.05, 4.69) is 25.9 Å². The number of thioether (sulfide) groups is 1. The minimum atomic E-state index is -0.311. The Hall–Kier alpha value is -2.27. The van der Waals surface area contributed by atoms with E-state index >= 15 is 0 Å². The van der Waals surface area contributed by atoms with E-state index in [0.717, 1.165) is 28.0 Å². The van der Waals surface area contributed by atoms with Crippen LogP contribution in [0.25, 0.3) is 10.2 Å². The highest BCUT2D eigenvalue weighted by molar-refractivity contribution is 7.99. The Labute approximate surface area is 163 Å². The topological polar surface area (TPSA) is 108 Å². The lowest BCUT2D eigenvalue weighted by Gasteiger charge is -2.11. The number of tetrazole rings is 1. The van der Waals surface area contributed by atoms with Gasteiger partial charge in [0.2, 0.25) is 11.1 Å². The molecule has 1 amide bonds. The van der Waals surface area contributed by atoms with Crippen LogP contribution in [0.3, 0.4) is 0 Å². The van der Waals surface area contributed by atoms with Crippen LogP contribution in [0.4, 0.5) is 0 Å². The Morgan fingerprint density at radius 3 is 2.93 bits per heavy atom. The maximum absolute atomic E-state index is 12.6. The van der Waals surface area contributed by atoms with Crippen LogP contribution in [0.2, 0.25) is 0 Å². The average Bonchev–Trinajstić information content (AvgIpc) is 3.37. The molecule has 0 aromatic carbocycles. The summed E-state index contributed by atoms with van der Waals surface area (Å²) in [5.41, 5.74) is 3.24. The standard InChI is InChI=1S/C16H19N7O2S2/c1-9-10(2)27-14-13(9)15(25)22(8-17-14)19-12(24)7-26-16-18-20-21-23(16)11-5-3-4-6-11/h8,11H,3-7H2,1-2H3,(H,19,24). The third kappa shape index (κ3) is 3.48. The van der Waals surface area contributed by atoms with Gasteiger partial charge in [-0.15, -0.1) is 16.4 Å². The van der Waals surface area contributed by atoms with E-state index in [1.165, 1.54) is 42.3 Å². The van der Waals surface area contributed by atoms with E-state index < -0.39 is 0 Å². The molecular weight excluding hydrogens is 386 g/mol. The minimum absolute atomic E-state index is 0.110. The molecule has 1 N–H and O–H groups in total. The zero-order valence-electron chi connectivity index (χ0n) is 15.0. The van der Waals surface area contributed by atoms with Crippen molar-refractivity contribution in [3.05, 3.63) is 27.1 Å². The van der Waals surface area contributed by atoms with Crippen molar-refractivity contribution in [1.82, 2.24) is 29.9 Å². The zero-order valence-corrected chi connectivity index (χ0v) is 16.6. The Balaban J connectivity index is 1.45. The van der Waals surface area contributed by atoms with Crippen LogP contribution < -0.4 is 11.0 Å².